The first-order valence-electron chi connectivity index (χ1n) is 6.96. The van der Waals surface area contributed by atoms with Crippen molar-refractivity contribution in [1.29, 1.82) is 0 Å². The van der Waals surface area contributed by atoms with Crippen LogP contribution in [0.3, 0.4) is 0 Å². The molecule has 0 aliphatic heterocycles. The van der Waals surface area contributed by atoms with E-state index in [-0.39, 0.29) is 5.75 Å². The van der Waals surface area contributed by atoms with Gasteiger partial charge < -0.3 is 9.67 Å². The maximum Gasteiger partial charge on any atom is 0.190 e. The molecule has 0 spiro atoms. The molecule has 0 aliphatic rings. The molecule has 1 heterocycles. The van der Waals surface area contributed by atoms with E-state index in [1.54, 1.807) is 35.6 Å². The van der Waals surface area contributed by atoms with Gasteiger partial charge >= 0.3 is 0 Å². The number of thiazole rings is 1. The van der Waals surface area contributed by atoms with Crippen LogP contribution in [0.4, 0.5) is 5.69 Å². The van der Waals surface area contributed by atoms with Crippen molar-refractivity contribution >= 4 is 17.0 Å². The first-order valence-corrected chi connectivity index (χ1v) is 7.84. The summed E-state index contributed by atoms with van der Waals surface area (Å²) in [4.78, 5) is 5.58. The van der Waals surface area contributed by atoms with Crippen LogP contribution in [-0.2, 0) is 6.54 Å². The largest absolute Gasteiger partial charge is 0.508 e. The van der Waals surface area contributed by atoms with Gasteiger partial charge in [-0.2, -0.15) is 0 Å². The molecule has 3 rings (SSSR count). The summed E-state index contributed by atoms with van der Waals surface area (Å²) in [5.74, 6) is 0.245. The predicted molar refractivity (Wildman–Crippen MR) is 91.3 cm³/mol. The van der Waals surface area contributed by atoms with Gasteiger partial charge in [0, 0.05) is 11.9 Å². The predicted octanol–water partition coefficient (Wildman–Crippen LogP) is 4.34. The summed E-state index contributed by atoms with van der Waals surface area (Å²) in [6.07, 6.45) is 1.87. The molecule has 0 atom stereocenters. The van der Waals surface area contributed by atoms with Crippen LogP contribution in [0.5, 0.6) is 5.75 Å². The van der Waals surface area contributed by atoms with Crippen LogP contribution < -0.4 is 4.80 Å². The maximum atomic E-state index is 9.36. The zero-order valence-corrected chi connectivity index (χ0v) is 12.8. The second kappa shape index (κ2) is 6.45. The van der Waals surface area contributed by atoms with Crippen LogP contribution in [0.2, 0.25) is 0 Å². The maximum absolute atomic E-state index is 9.36. The normalized spacial score (nSPS) is 11.5. The molecular weight excluding hydrogens is 292 g/mol. The van der Waals surface area contributed by atoms with E-state index in [1.165, 1.54) is 0 Å². The number of aromatic nitrogens is 1. The SMILES string of the molecule is C=CCn1c(-c2ccccc2)cs/c1=N\c1ccc(O)cc1. The summed E-state index contributed by atoms with van der Waals surface area (Å²) in [7, 11) is 0. The van der Waals surface area contributed by atoms with Gasteiger partial charge in [0.2, 0.25) is 0 Å². The first kappa shape index (κ1) is 14.4. The minimum absolute atomic E-state index is 0.245. The highest BCUT2D eigenvalue weighted by Crippen LogP contribution is 2.21. The van der Waals surface area contributed by atoms with Gasteiger partial charge in [0.25, 0.3) is 0 Å². The van der Waals surface area contributed by atoms with Crippen molar-refractivity contribution < 1.29 is 5.11 Å². The summed E-state index contributed by atoms with van der Waals surface area (Å²) in [5.41, 5.74) is 3.10. The molecule has 0 radical (unpaired) electrons. The highest BCUT2D eigenvalue weighted by Gasteiger charge is 2.06. The standard InChI is InChI=1S/C18H16N2OS/c1-2-12-20-17(14-6-4-3-5-7-14)13-22-18(20)19-15-8-10-16(21)11-9-15/h2-11,13,21H,1,12H2/b19-18-. The molecule has 3 aromatic rings. The fourth-order valence-corrected chi connectivity index (χ4v) is 3.14. The molecule has 0 saturated heterocycles. The minimum atomic E-state index is 0.245. The molecule has 110 valence electrons. The smallest absolute Gasteiger partial charge is 0.190 e. The van der Waals surface area contributed by atoms with Crippen LogP contribution in [0, 0.1) is 0 Å². The summed E-state index contributed by atoms with van der Waals surface area (Å²) in [6, 6.07) is 17.1. The Labute approximate surface area is 133 Å². The topological polar surface area (TPSA) is 37.5 Å². The number of phenolic OH excluding ortho intramolecular Hbond substituents is 1. The van der Waals surface area contributed by atoms with E-state index in [0.29, 0.717) is 6.54 Å². The Morgan fingerprint density at radius 2 is 1.82 bits per heavy atom. The molecule has 4 heteroatoms. The number of hydrogen-bond acceptors (Lipinski definition) is 3. The Morgan fingerprint density at radius 1 is 1.09 bits per heavy atom. The molecule has 1 aromatic heterocycles. The third kappa shape index (κ3) is 3.02. The lowest BCUT2D eigenvalue weighted by Gasteiger charge is -2.06. The average molecular weight is 308 g/mol. The van der Waals surface area contributed by atoms with Crippen molar-refractivity contribution in [2.24, 2.45) is 4.99 Å². The Morgan fingerprint density at radius 3 is 2.50 bits per heavy atom. The fraction of sp³-hybridized carbons (Fsp3) is 0.0556. The molecule has 22 heavy (non-hydrogen) atoms. The fourth-order valence-electron chi connectivity index (χ4n) is 2.20. The van der Waals surface area contributed by atoms with Gasteiger partial charge in [-0.1, -0.05) is 36.4 Å². The van der Waals surface area contributed by atoms with E-state index < -0.39 is 0 Å². The number of allylic oxidation sites excluding steroid dienone is 1. The highest BCUT2D eigenvalue weighted by atomic mass is 32.1. The lowest BCUT2D eigenvalue weighted by molar-refractivity contribution is 0.475. The second-order valence-electron chi connectivity index (χ2n) is 4.80. The van der Waals surface area contributed by atoms with Gasteiger partial charge in [0.15, 0.2) is 4.80 Å². The summed E-state index contributed by atoms with van der Waals surface area (Å²) >= 11 is 1.60. The average Bonchev–Trinajstić information content (AvgIpc) is 2.94. The Bertz CT molecular complexity index is 830. The summed E-state index contributed by atoms with van der Waals surface area (Å²) in [5, 5.41) is 11.5. The monoisotopic (exact) mass is 308 g/mol. The van der Waals surface area contributed by atoms with Gasteiger partial charge in [0.05, 0.1) is 11.4 Å². The summed E-state index contributed by atoms with van der Waals surface area (Å²) < 4.78 is 2.14. The van der Waals surface area contributed by atoms with Crippen molar-refractivity contribution in [3.63, 3.8) is 0 Å². The molecule has 0 fully saturated rings. The lowest BCUT2D eigenvalue weighted by Crippen LogP contribution is -2.14. The van der Waals surface area contributed by atoms with Crippen molar-refractivity contribution in [2.45, 2.75) is 6.54 Å². The van der Waals surface area contributed by atoms with Crippen molar-refractivity contribution in [3.05, 3.63) is 77.4 Å². The van der Waals surface area contributed by atoms with E-state index in [9.17, 15) is 5.11 Å². The third-order valence-electron chi connectivity index (χ3n) is 3.25. The third-order valence-corrected chi connectivity index (χ3v) is 4.12. The van der Waals surface area contributed by atoms with Crippen LogP contribution >= 0.6 is 11.3 Å². The number of benzene rings is 2. The van der Waals surface area contributed by atoms with E-state index in [0.717, 1.165) is 21.7 Å². The lowest BCUT2D eigenvalue weighted by atomic mass is 10.2. The quantitative estimate of drug-likeness (QED) is 0.715. The molecular formula is C18H16N2OS. The number of aromatic hydroxyl groups is 1. The Kier molecular flexibility index (Phi) is 4.21. The summed E-state index contributed by atoms with van der Waals surface area (Å²) in [6.45, 7) is 4.54. The van der Waals surface area contributed by atoms with Gasteiger partial charge in [-0.25, -0.2) is 4.99 Å². The number of phenols is 1. The van der Waals surface area contributed by atoms with Crippen LogP contribution in [0.25, 0.3) is 11.3 Å². The van der Waals surface area contributed by atoms with Crippen molar-refractivity contribution in [1.82, 2.24) is 4.57 Å². The number of hydrogen-bond donors (Lipinski definition) is 1. The second-order valence-corrected chi connectivity index (χ2v) is 5.63. The van der Waals surface area contributed by atoms with Crippen LogP contribution in [-0.4, -0.2) is 9.67 Å². The van der Waals surface area contributed by atoms with E-state index in [2.05, 4.69) is 33.7 Å². The number of nitrogens with zero attached hydrogens (tertiary/aromatic N) is 2. The molecule has 0 unspecified atom stereocenters. The van der Waals surface area contributed by atoms with E-state index in [1.807, 2.05) is 24.3 Å². The molecule has 0 aliphatic carbocycles. The minimum Gasteiger partial charge on any atom is -0.508 e. The molecule has 1 N–H and O–H groups in total. The zero-order chi connectivity index (χ0) is 15.4. The van der Waals surface area contributed by atoms with Crippen molar-refractivity contribution in [3.8, 4) is 17.0 Å². The Hall–Kier alpha value is -2.59. The molecule has 2 aromatic carbocycles. The van der Waals surface area contributed by atoms with Gasteiger partial charge in [-0.3, -0.25) is 0 Å². The zero-order valence-electron chi connectivity index (χ0n) is 12.0. The molecule has 0 saturated carbocycles. The Balaban J connectivity index is 2.11. The van der Waals surface area contributed by atoms with E-state index in [4.69, 9.17) is 0 Å². The van der Waals surface area contributed by atoms with E-state index >= 15 is 0 Å². The van der Waals surface area contributed by atoms with Gasteiger partial charge in [-0.05, 0) is 29.8 Å². The molecule has 3 nitrogen and oxygen atoms in total. The van der Waals surface area contributed by atoms with Gasteiger partial charge in [-0.15, -0.1) is 17.9 Å². The first-order chi connectivity index (χ1) is 10.8. The highest BCUT2D eigenvalue weighted by molar-refractivity contribution is 7.07. The molecule has 0 amide bonds. The van der Waals surface area contributed by atoms with Crippen LogP contribution in [0.1, 0.15) is 0 Å². The van der Waals surface area contributed by atoms with Crippen molar-refractivity contribution in [2.75, 3.05) is 0 Å². The van der Waals surface area contributed by atoms with Crippen LogP contribution in [0.15, 0.2) is 77.6 Å². The van der Waals surface area contributed by atoms with Gasteiger partial charge in [0.1, 0.15) is 5.75 Å². The molecule has 0 bridgehead atoms. The number of rotatable bonds is 4.